The maximum Gasteiger partial charge on any atom is 0.375 e. The van der Waals surface area contributed by atoms with Gasteiger partial charge in [-0.2, -0.15) is 0 Å². The molecule has 1 N–H and O–H groups in total. The summed E-state index contributed by atoms with van der Waals surface area (Å²) >= 11 is 1.45. The molecule has 1 heterocycles. The van der Waals surface area contributed by atoms with Crippen LogP contribution in [-0.4, -0.2) is 37.1 Å². The molecule has 1 amide bonds. The highest BCUT2D eigenvalue weighted by molar-refractivity contribution is 7.98. The fraction of sp³-hybridized carbons (Fsp3) is 0.261. The number of amides is 1. The number of furan rings is 1. The third-order valence-corrected chi connectivity index (χ3v) is 5.37. The van der Waals surface area contributed by atoms with Crippen molar-refractivity contribution in [1.82, 2.24) is 0 Å². The van der Waals surface area contributed by atoms with E-state index in [1.807, 2.05) is 13.2 Å². The Balaban J connectivity index is 1.74. The summed E-state index contributed by atoms with van der Waals surface area (Å²) in [7, 11) is 0. The maximum atomic E-state index is 12.5. The summed E-state index contributed by atoms with van der Waals surface area (Å²) in [5.41, 5.74) is 2.02. The van der Waals surface area contributed by atoms with Crippen LogP contribution >= 0.6 is 11.8 Å². The lowest BCUT2D eigenvalue weighted by Crippen LogP contribution is -2.15. The Labute approximate surface area is 184 Å². The number of ether oxygens (including phenoxy) is 2. The SMILES string of the molecule is CCOc1ccc2oc(C(=O)OCC(=O)c3ccc(SC)c(NC(C)=O)c3)c(C)c2c1. The second-order valence-corrected chi connectivity index (χ2v) is 7.59. The van der Waals surface area contributed by atoms with Crippen molar-refractivity contribution in [2.24, 2.45) is 0 Å². The molecule has 0 aliphatic carbocycles. The van der Waals surface area contributed by atoms with Gasteiger partial charge in [-0.1, -0.05) is 6.07 Å². The molecule has 0 spiro atoms. The largest absolute Gasteiger partial charge is 0.494 e. The minimum Gasteiger partial charge on any atom is -0.494 e. The van der Waals surface area contributed by atoms with Crippen LogP contribution in [0.25, 0.3) is 11.0 Å². The van der Waals surface area contributed by atoms with E-state index in [9.17, 15) is 14.4 Å². The Bertz CT molecular complexity index is 1150. The van der Waals surface area contributed by atoms with Gasteiger partial charge in [-0.05, 0) is 50.4 Å². The monoisotopic (exact) mass is 441 g/mol. The molecule has 1 aromatic heterocycles. The number of carbonyl (C=O) groups excluding carboxylic acids is 3. The van der Waals surface area contributed by atoms with Gasteiger partial charge in [-0.25, -0.2) is 4.79 Å². The second kappa shape index (κ2) is 9.70. The fourth-order valence-corrected chi connectivity index (χ4v) is 3.63. The van der Waals surface area contributed by atoms with Crippen molar-refractivity contribution in [3.63, 3.8) is 0 Å². The van der Waals surface area contributed by atoms with Gasteiger partial charge in [0.15, 0.2) is 12.4 Å². The Hall–Kier alpha value is -3.26. The predicted molar refractivity (Wildman–Crippen MR) is 119 cm³/mol. The third-order valence-electron chi connectivity index (χ3n) is 4.57. The molecule has 0 saturated carbocycles. The molecule has 0 aliphatic rings. The average molecular weight is 442 g/mol. The molecule has 0 radical (unpaired) electrons. The van der Waals surface area contributed by atoms with E-state index >= 15 is 0 Å². The van der Waals surface area contributed by atoms with E-state index in [1.54, 1.807) is 43.3 Å². The first kappa shape index (κ1) is 22.4. The van der Waals surface area contributed by atoms with Crippen molar-refractivity contribution in [2.45, 2.75) is 25.7 Å². The highest BCUT2D eigenvalue weighted by Crippen LogP contribution is 2.30. The summed E-state index contributed by atoms with van der Waals surface area (Å²) in [6.45, 7) is 5.12. The van der Waals surface area contributed by atoms with E-state index in [-0.39, 0.29) is 17.5 Å². The molecule has 7 nitrogen and oxygen atoms in total. The molecule has 0 bridgehead atoms. The van der Waals surface area contributed by atoms with Crippen LogP contribution in [0, 0.1) is 6.92 Å². The molecule has 0 unspecified atom stereocenters. The zero-order valence-corrected chi connectivity index (χ0v) is 18.6. The van der Waals surface area contributed by atoms with Crippen LogP contribution in [-0.2, 0) is 9.53 Å². The number of aryl methyl sites for hydroxylation is 1. The number of benzene rings is 2. The van der Waals surface area contributed by atoms with Crippen LogP contribution in [0.1, 0.15) is 40.3 Å². The van der Waals surface area contributed by atoms with Crippen LogP contribution in [0.2, 0.25) is 0 Å². The summed E-state index contributed by atoms with van der Waals surface area (Å²) in [5, 5.41) is 3.45. The average Bonchev–Trinajstić information content (AvgIpc) is 3.07. The molecule has 0 aliphatic heterocycles. The van der Waals surface area contributed by atoms with E-state index in [4.69, 9.17) is 13.9 Å². The van der Waals surface area contributed by atoms with E-state index in [1.165, 1.54) is 18.7 Å². The van der Waals surface area contributed by atoms with Gasteiger partial charge < -0.3 is 19.2 Å². The predicted octanol–water partition coefficient (Wildman–Crippen LogP) is 4.86. The van der Waals surface area contributed by atoms with Crippen LogP contribution in [0.15, 0.2) is 45.7 Å². The molecule has 0 saturated heterocycles. The van der Waals surface area contributed by atoms with Gasteiger partial charge >= 0.3 is 5.97 Å². The molecule has 162 valence electrons. The molecule has 2 aromatic carbocycles. The molecule has 8 heteroatoms. The van der Waals surface area contributed by atoms with Crippen LogP contribution in [0.5, 0.6) is 5.75 Å². The Morgan fingerprint density at radius 3 is 2.58 bits per heavy atom. The summed E-state index contributed by atoms with van der Waals surface area (Å²) in [6, 6.07) is 10.2. The number of thioether (sulfide) groups is 1. The zero-order valence-electron chi connectivity index (χ0n) is 17.7. The smallest absolute Gasteiger partial charge is 0.375 e. The van der Waals surface area contributed by atoms with Gasteiger partial charge in [0.2, 0.25) is 11.7 Å². The Kier molecular flexibility index (Phi) is 7.02. The van der Waals surface area contributed by atoms with Gasteiger partial charge in [-0.15, -0.1) is 11.8 Å². The van der Waals surface area contributed by atoms with Crippen molar-refractivity contribution in [1.29, 1.82) is 0 Å². The quantitative estimate of drug-likeness (QED) is 0.303. The van der Waals surface area contributed by atoms with Crippen molar-refractivity contribution < 1.29 is 28.3 Å². The summed E-state index contributed by atoms with van der Waals surface area (Å²) in [5.74, 6) is -0.618. The number of rotatable bonds is 8. The number of ketones is 1. The second-order valence-electron chi connectivity index (χ2n) is 6.74. The van der Waals surface area contributed by atoms with E-state index in [0.29, 0.717) is 34.8 Å². The summed E-state index contributed by atoms with van der Waals surface area (Å²) in [4.78, 5) is 37.3. The molecule has 31 heavy (non-hydrogen) atoms. The first-order chi connectivity index (χ1) is 14.8. The van der Waals surface area contributed by atoms with Crippen LogP contribution in [0.4, 0.5) is 5.69 Å². The normalized spacial score (nSPS) is 10.7. The van der Waals surface area contributed by atoms with E-state index in [0.717, 1.165) is 10.3 Å². The molecular formula is C23H23NO6S. The number of Topliss-reactive ketones (excluding diaryl/α,β-unsaturated/α-hetero) is 1. The summed E-state index contributed by atoms with van der Waals surface area (Å²) < 4.78 is 16.3. The van der Waals surface area contributed by atoms with Crippen molar-refractivity contribution in [3.8, 4) is 5.75 Å². The topological polar surface area (TPSA) is 94.8 Å². The lowest BCUT2D eigenvalue weighted by molar-refractivity contribution is -0.114. The zero-order chi connectivity index (χ0) is 22.5. The van der Waals surface area contributed by atoms with Crippen LogP contribution < -0.4 is 10.1 Å². The van der Waals surface area contributed by atoms with Gasteiger partial charge in [-0.3, -0.25) is 9.59 Å². The minimum atomic E-state index is -0.720. The lowest BCUT2D eigenvalue weighted by atomic mass is 10.1. The lowest BCUT2D eigenvalue weighted by Gasteiger charge is -2.10. The van der Waals surface area contributed by atoms with Crippen molar-refractivity contribution in [3.05, 3.63) is 53.3 Å². The highest BCUT2D eigenvalue weighted by Gasteiger charge is 2.21. The minimum absolute atomic E-state index is 0.0492. The summed E-state index contributed by atoms with van der Waals surface area (Å²) in [6.07, 6.45) is 1.87. The Morgan fingerprint density at radius 2 is 1.90 bits per heavy atom. The molecule has 0 atom stereocenters. The maximum absolute atomic E-state index is 12.5. The van der Waals surface area contributed by atoms with Gasteiger partial charge in [0.1, 0.15) is 11.3 Å². The standard InChI is InChI=1S/C23H23NO6S/c1-5-28-16-7-8-20-17(11-16)13(2)22(30-20)23(27)29-12-19(26)15-6-9-21(31-4)18(10-15)24-14(3)25/h6-11H,5,12H2,1-4H3,(H,24,25). The van der Waals surface area contributed by atoms with Crippen molar-refractivity contribution in [2.75, 3.05) is 24.8 Å². The first-order valence-corrected chi connectivity index (χ1v) is 10.9. The van der Waals surface area contributed by atoms with Gasteiger partial charge in [0.25, 0.3) is 0 Å². The number of anilines is 1. The molecule has 3 rings (SSSR count). The molecule has 0 fully saturated rings. The number of esters is 1. The number of carbonyl (C=O) groups is 3. The fourth-order valence-electron chi connectivity index (χ4n) is 3.10. The highest BCUT2D eigenvalue weighted by atomic mass is 32.2. The van der Waals surface area contributed by atoms with Crippen LogP contribution in [0.3, 0.4) is 0 Å². The molecule has 3 aromatic rings. The van der Waals surface area contributed by atoms with Crippen molar-refractivity contribution >= 4 is 46.1 Å². The number of hydrogen-bond donors (Lipinski definition) is 1. The number of nitrogens with one attached hydrogen (secondary N) is 1. The Morgan fingerprint density at radius 1 is 1.13 bits per heavy atom. The molecular weight excluding hydrogens is 418 g/mol. The van der Waals surface area contributed by atoms with E-state index in [2.05, 4.69) is 5.32 Å². The first-order valence-electron chi connectivity index (χ1n) is 9.66. The van der Waals surface area contributed by atoms with Gasteiger partial charge in [0.05, 0.1) is 12.3 Å². The number of fused-ring (bicyclic) bond motifs is 1. The number of hydrogen-bond acceptors (Lipinski definition) is 7. The van der Waals surface area contributed by atoms with E-state index < -0.39 is 12.6 Å². The third kappa shape index (κ3) is 5.08. The van der Waals surface area contributed by atoms with Gasteiger partial charge in [0, 0.05) is 28.3 Å².